The standard InChI is InChI=1S/C25H19FN4O4/c26-18-7-9-19(10-8-18)30-21(17-6-11-22-20(12-17)28-23(31)15-33-22)13-24(29-30)34-25(32)27-14-16-4-2-1-3-5-16/h1-13H,14-15H2,(H,27,32)(H,28,31). The van der Waals surface area contributed by atoms with Gasteiger partial charge in [0.1, 0.15) is 11.6 Å². The Morgan fingerprint density at radius 2 is 1.88 bits per heavy atom. The molecule has 0 radical (unpaired) electrons. The van der Waals surface area contributed by atoms with Crippen molar-refractivity contribution >= 4 is 17.7 Å². The van der Waals surface area contributed by atoms with Gasteiger partial charge in [-0.3, -0.25) is 4.79 Å². The fraction of sp³-hybridized carbons (Fsp3) is 0.0800. The van der Waals surface area contributed by atoms with E-state index < -0.39 is 6.09 Å². The molecule has 2 heterocycles. The normalized spacial score (nSPS) is 12.3. The van der Waals surface area contributed by atoms with E-state index in [2.05, 4.69) is 15.7 Å². The third-order valence-corrected chi connectivity index (χ3v) is 5.14. The zero-order valence-corrected chi connectivity index (χ0v) is 17.8. The van der Waals surface area contributed by atoms with Gasteiger partial charge < -0.3 is 20.1 Å². The molecular formula is C25H19FN4O4. The summed E-state index contributed by atoms with van der Waals surface area (Å²) in [6, 6.07) is 22.1. The number of carbonyl (C=O) groups is 2. The molecule has 0 saturated heterocycles. The number of amides is 2. The molecule has 0 spiro atoms. The van der Waals surface area contributed by atoms with Crippen molar-refractivity contribution in [2.45, 2.75) is 6.54 Å². The van der Waals surface area contributed by atoms with Crippen LogP contribution in [0.4, 0.5) is 14.9 Å². The van der Waals surface area contributed by atoms with Gasteiger partial charge in [0.05, 0.1) is 17.1 Å². The zero-order chi connectivity index (χ0) is 23.5. The second kappa shape index (κ2) is 9.07. The molecule has 2 N–H and O–H groups in total. The number of hydrogen-bond donors (Lipinski definition) is 2. The van der Waals surface area contributed by atoms with Crippen molar-refractivity contribution in [1.29, 1.82) is 0 Å². The predicted molar refractivity (Wildman–Crippen MR) is 122 cm³/mol. The third-order valence-electron chi connectivity index (χ3n) is 5.14. The predicted octanol–water partition coefficient (Wildman–Crippen LogP) is 4.30. The minimum absolute atomic E-state index is 0.0457. The van der Waals surface area contributed by atoms with Gasteiger partial charge in [0, 0.05) is 18.2 Å². The number of rotatable bonds is 5. The fourth-order valence-corrected chi connectivity index (χ4v) is 3.54. The molecule has 0 saturated carbocycles. The van der Waals surface area contributed by atoms with E-state index in [1.165, 1.54) is 16.8 Å². The van der Waals surface area contributed by atoms with Gasteiger partial charge >= 0.3 is 6.09 Å². The van der Waals surface area contributed by atoms with Crippen LogP contribution < -0.4 is 20.1 Å². The van der Waals surface area contributed by atoms with Gasteiger partial charge in [0.2, 0.25) is 5.88 Å². The van der Waals surface area contributed by atoms with Crippen molar-refractivity contribution in [2.24, 2.45) is 0 Å². The van der Waals surface area contributed by atoms with Crippen LogP contribution in [0.25, 0.3) is 16.9 Å². The molecule has 1 aliphatic rings. The van der Waals surface area contributed by atoms with Crippen molar-refractivity contribution in [3.05, 3.63) is 90.2 Å². The highest BCUT2D eigenvalue weighted by Crippen LogP contribution is 2.34. The molecule has 0 atom stereocenters. The molecule has 34 heavy (non-hydrogen) atoms. The van der Waals surface area contributed by atoms with E-state index in [0.29, 0.717) is 34.9 Å². The molecule has 0 fully saturated rings. The Hall–Kier alpha value is -4.66. The van der Waals surface area contributed by atoms with Crippen LogP contribution in [0.5, 0.6) is 11.6 Å². The summed E-state index contributed by atoms with van der Waals surface area (Å²) in [6.07, 6.45) is -0.662. The first kappa shape index (κ1) is 21.2. The van der Waals surface area contributed by atoms with Crippen LogP contribution in [-0.2, 0) is 11.3 Å². The van der Waals surface area contributed by atoms with Crippen LogP contribution in [0, 0.1) is 5.82 Å². The van der Waals surface area contributed by atoms with Gasteiger partial charge in [0.15, 0.2) is 6.61 Å². The average Bonchev–Trinajstić information content (AvgIpc) is 3.27. The quantitative estimate of drug-likeness (QED) is 0.465. The Kier molecular flexibility index (Phi) is 5.65. The monoisotopic (exact) mass is 458 g/mol. The molecule has 0 aliphatic carbocycles. The molecule has 170 valence electrons. The number of aromatic nitrogens is 2. The number of nitrogens with zero attached hydrogens (tertiary/aromatic N) is 2. The highest BCUT2D eigenvalue weighted by Gasteiger charge is 2.20. The molecule has 9 heteroatoms. The number of nitrogens with one attached hydrogen (secondary N) is 2. The average molecular weight is 458 g/mol. The first-order valence-electron chi connectivity index (χ1n) is 10.5. The summed E-state index contributed by atoms with van der Waals surface area (Å²) in [5, 5.41) is 9.86. The van der Waals surface area contributed by atoms with Crippen LogP contribution in [-0.4, -0.2) is 28.4 Å². The van der Waals surface area contributed by atoms with E-state index in [-0.39, 0.29) is 24.2 Å². The first-order valence-corrected chi connectivity index (χ1v) is 10.5. The Bertz CT molecular complexity index is 1350. The summed E-state index contributed by atoms with van der Waals surface area (Å²) < 4.78 is 25.9. The van der Waals surface area contributed by atoms with Gasteiger partial charge in [0.25, 0.3) is 5.91 Å². The minimum Gasteiger partial charge on any atom is -0.482 e. The molecule has 1 aromatic heterocycles. The molecule has 2 amide bonds. The molecule has 0 unspecified atom stereocenters. The lowest BCUT2D eigenvalue weighted by Gasteiger charge is -2.18. The Morgan fingerprint density at radius 3 is 2.68 bits per heavy atom. The lowest BCUT2D eigenvalue weighted by molar-refractivity contribution is -0.118. The van der Waals surface area contributed by atoms with E-state index in [4.69, 9.17) is 9.47 Å². The maximum atomic E-state index is 13.5. The van der Waals surface area contributed by atoms with Crippen LogP contribution in [0.3, 0.4) is 0 Å². The maximum Gasteiger partial charge on any atom is 0.414 e. The summed E-state index contributed by atoms with van der Waals surface area (Å²) in [4.78, 5) is 24.1. The van der Waals surface area contributed by atoms with Gasteiger partial charge in [-0.1, -0.05) is 30.3 Å². The number of halogens is 1. The summed E-state index contributed by atoms with van der Waals surface area (Å²) in [6.45, 7) is 0.256. The SMILES string of the molecule is O=C1COc2ccc(-c3cc(OC(=O)NCc4ccccc4)nn3-c3ccc(F)cc3)cc2N1. The van der Waals surface area contributed by atoms with Crippen LogP contribution in [0.1, 0.15) is 5.56 Å². The molecule has 3 aromatic carbocycles. The fourth-order valence-electron chi connectivity index (χ4n) is 3.54. The highest BCUT2D eigenvalue weighted by atomic mass is 19.1. The Balaban J connectivity index is 1.44. The molecule has 0 bridgehead atoms. The van der Waals surface area contributed by atoms with Crippen molar-refractivity contribution in [1.82, 2.24) is 15.1 Å². The lowest BCUT2D eigenvalue weighted by Crippen LogP contribution is -2.26. The van der Waals surface area contributed by atoms with E-state index in [1.54, 1.807) is 36.4 Å². The van der Waals surface area contributed by atoms with Gasteiger partial charge in [-0.05, 0) is 48.0 Å². The van der Waals surface area contributed by atoms with Gasteiger partial charge in [-0.15, -0.1) is 5.10 Å². The number of fused-ring (bicyclic) bond motifs is 1. The second-order valence-corrected chi connectivity index (χ2v) is 7.53. The first-order chi connectivity index (χ1) is 16.5. The van der Waals surface area contributed by atoms with Crippen molar-refractivity contribution < 1.29 is 23.5 Å². The van der Waals surface area contributed by atoms with E-state index >= 15 is 0 Å². The summed E-state index contributed by atoms with van der Waals surface area (Å²) in [7, 11) is 0. The van der Waals surface area contributed by atoms with Crippen molar-refractivity contribution in [3.63, 3.8) is 0 Å². The summed E-state index contributed by atoms with van der Waals surface area (Å²) in [5.74, 6) is -0.0329. The van der Waals surface area contributed by atoms with Crippen LogP contribution >= 0.6 is 0 Å². The summed E-state index contributed by atoms with van der Waals surface area (Å²) in [5.41, 5.74) is 3.26. The topological polar surface area (TPSA) is 94.5 Å². The summed E-state index contributed by atoms with van der Waals surface area (Å²) >= 11 is 0. The van der Waals surface area contributed by atoms with Crippen LogP contribution in [0.15, 0.2) is 78.9 Å². The number of benzene rings is 3. The number of carbonyl (C=O) groups excluding carboxylic acids is 2. The van der Waals surface area contributed by atoms with E-state index in [9.17, 15) is 14.0 Å². The number of hydrogen-bond acceptors (Lipinski definition) is 5. The smallest absolute Gasteiger partial charge is 0.414 e. The van der Waals surface area contributed by atoms with Gasteiger partial charge in [-0.25, -0.2) is 13.9 Å². The number of ether oxygens (including phenoxy) is 2. The highest BCUT2D eigenvalue weighted by molar-refractivity contribution is 5.96. The van der Waals surface area contributed by atoms with E-state index in [0.717, 1.165) is 5.56 Å². The lowest BCUT2D eigenvalue weighted by atomic mass is 10.1. The van der Waals surface area contributed by atoms with Crippen LogP contribution in [0.2, 0.25) is 0 Å². The minimum atomic E-state index is -0.662. The maximum absolute atomic E-state index is 13.5. The molecule has 1 aliphatic heterocycles. The largest absolute Gasteiger partial charge is 0.482 e. The molecule has 4 aromatic rings. The molecular weight excluding hydrogens is 439 g/mol. The molecule has 5 rings (SSSR count). The van der Waals surface area contributed by atoms with Crippen molar-refractivity contribution in [3.8, 4) is 28.6 Å². The van der Waals surface area contributed by atoms with E-state index in [1.807, 2.05) is 30.3 Å². The third kappa shape index (κ3) is 4.58. The molecule has 8 nitrogen and oxygen atoms in total. The number of anilines is 1. The Labute approximate surface area is 193 Å². The van der Waals surface area contributed by atoms with Gasteiger partial charge in [-0.2, -0.15) is 0 Å². The second-order valence-electron chi connectivity index (χ2n) is 7.53. The Morgan fingerprint density at radius 1 is 1.09 bits per heavy atom. The zero-order valence-electron chi connectivity index (χ0n) is 17.8. The van der Waals surface area contributed by atoms with Crippen molar-refractivity contribution in [2.75, 3.05) is 11.9 Å².